The number of carbonyl (C=O) groups excluding carboxylic acids is 1. The molecule has 19 heavy (non-hydrogen) atoms. The first-order valence-electron chi connectivity index (χ1n) is 6.70. The van der Waals surface area contributed by atoms with E-state index in [1.165, 1.54) is 0 Å². The van der Waals surface area contributed by atoms with E-state index in [0.717, 1.165) is 38.1 Å². The predicted molar refractivity (Wildman–Crippen MR) is 76.3 cm³/mol. The molecule has 1 aliphatic heterocycles. The van der Waals surface area contributed by atoms with Gasteiger partial charge in [0.05, 0.1) is 13.0 Å². The molecular formula is C15H20ClNO2. The Hall–Kier alpha value is -1.06. The number of halogens is 1. The molecule has 1 atom stereocenters. The van der Waals surface area contributed by atoms with E-state index in [1.54, 1.807) is 7.11 Å². The summed E-state index contributed by atoms with van der Waals surface area (Å²) >= 11 is 5.84. The zero-order valence-electron chi connectivity index (χ0n) is 11.3. The van der Waals surface area contributed by atoms with Gasteiger partial charge < -0.3 is 9.64 Å². The topological polar surface area (TPSA) is 29.5 Å². The van der Waals surface area contributed by atoms with Crippen LogP contribution >= 0.6 is 11.6 Å². The zero-order valence-corrected chi connectivity index (χ0v) is 12.0. The summed E-state index contributed by atoms with van der Waals surface area (Å²) in [5.74, 6) is 0.677. The number of hydrogen-bond donors (Lipinski definition) is 0. The number of ether oxygens (including phenoxy) is 1. The number of hydrogen-bond acceptors (Lipinski definition) is 2. The zero-order chi connectivity index (χ0) is 13.7. The molecule has 0 spiro atoms. The summed E-state index contributed by atoms with van der Waals surface area (Å²) in [6.45, 7) is 2.43. The molecular weight excluding hydrogens is 262 g/mol. The molecule has 3 nitrogen and oxygen atoms in total. The molecule has 1 aliphatic rings. The number of rotatable bonds is 4. The van der Waals surface area contributed by atoms with Gasteiger partial charge in [0.15, 0.2) is 0 Å². The third-order valence-electron chi connectivity index (χ3n) is 3.54. The Morgan fingerprint density at radius 2 is 2.16 bits per heavy atom. The summed E-state index contributed by atoms with van der Waals surface area (Å²) in [6, 6.07) is 7.48. The van der Waals surface area contributed by atoms with Crippen molar-refractivity contribution >= 4 is 17.5 Å². The molecule has 1 fully saturated rings. The lowest BCUT2D eigenvalue weighted by Gasteiger charge is -2.32. The molecule has 1 amide bonds. The van der Waals surface area contributed by atoms with Gasteiger partial charge in [-0.05, 0) is 36.5 Å². The Bertz CT molecular complexity index is 417. The highest BCUT2D eigenvalue weighted by Gasteiger charge is 2.23. The fourth-order valence-corrected chi connectivity index (χ4v) is 2.68. The number of methoxy groups -OCH3 is 1. The molecule has 0 unspecified atom stereocenters. The normalized spacial score (nSPS) is 19.5. The van der Waals surface area contributed by atoms with Gasteiger partial charge in [-0.15, -0.1) is 0 Å². The second-order valence-corrected chi connectivity index (χ2v) is 5.54. The fourth-order valence-electron chi connectivity index (χ4n) is 2.55. The Kier molecular flexibility index (Phi) is 5.23. The van der Waals surface area contributed by atoms with E-state index in [4.69, 9.17) is 16.3 Å². The standard InChI is InChI=1S/C15H20ClNO2/c1-19-11-13-3-2-8-17(10-13)15(18)9-12-4-6-14(16)7-5-12/h4-7,13H,2-3,8-11H2,1H3/t13-/m1/s1. The molecule has 2 rings (SSSR count). The maximum Gasteiger partial charge on any atom is 0.226 e. The molecule has 0 radical (unpaired) electrons. The molecule has 1 heterocycles. The van der Waals surface area contributed by atoms with Crippen LogP contribution in [0.1, 0.15) is 18.4 Å². The SMILES string of the molecule is COC[C@@H]1CCCN(C(=O)Cc2ccc(Cl)cc2)C1. The van der Waals surface area contributed by atoms with Gasteiger partial charge in [-0.25, -0.2) is 0 Å². The first kappa shape index (κ1) is 14.4. The van der Waals surface area contributed by atoms with Crippen LogP contribution in [0, 0.1) is 5.92 Å². The predicted octanol–water partition coefficient (Wildman–Crippen LogP) is 2.77. The number of amides is 1. The Morgan fingerprint density at radius 3 is 2.84 bits per heavy atom. The third kappa shape index (κ3) is 4.22. The largest absolute Gasteiger partial charge is 0.384 e. The van der Waals surface area contributed by atoms with E-state index < -0.39 is 0 Å². The second-order valence-electron chi connectivity index (χ2n) is 5.11. The van der Waals surface area contributed by atoms with Crippen molar-refractivity contribution in [3.05, 3.63) is 34.9 Å². The second kappa shape index (κ2) is 6.92. The van der Waals surface area contributed by atoms with E-state index in [-0.39, 0.29) is 5.91 Å². The minimum absolute atomic E-state index is 0.197. The summed E-state index contributed by atoms with van der Waals surface area (Å²) in [7, 11) is 1.72. The van der Waals surface area contributed by atoms with Gasteiger partial charge in [0.2, 0.25) is 5.91 Å². The highest BCUT2D eigenvalue weighted by Crippen LogP contribution is 2.18. The molecule has 0 bridgehead atoms. The molecule has 1 saturated heterocycles. The van der Waals surface area contributed by atoms with Crippen molar-refractivity contribution in [2.45, 2.75) is 19.3 Å². The van der Waals surface area contributed by atoms with E-state index in [2.05, 4.69) is 0 Å². The Labute approximate surface area is 119 Å². The summed E-state index contributed by atoms with van der Waals surface area (Å²) in [6.07, 6.45) is 2.68. The minimum Gasteiger partial charge on any atom is -0.384 e. The van der Waals surface area contributed by atoms with E-state index in [0.29, 0.717) is 17.4 Å². The molecule has 0 saturated carbocycles. The van der Waals surface area contributed by atoms with Gasteiger partial charge in [-0.1, -0.05) is 23.7 Å². The Balaban J connectivity index is 1.90. The molecule has 1 aromatic carbocycles. The summed E-state index contributed by atoms with van der Waals surface area (Å²) in [5.41, 5.74) is 1.02. The number of nitrogens with zero attached hydrogens (tertiary/aromatic N) is 1. The molecule has 4 heteroatoms. The fraction of sp³-hybridized carbons (Fsp3) is 0.533. The first-order valence-corrected chi connectivity index (χ1v) is 7.08. The average molecular weight is 282 g/mol. The number of likely N-dealkylation sites (tertiary alicyclic amines) is 1. The number of benzene rings is 1. The summed E-state index contributed by atoms with van der Waals surface area (Å²) in [5, 5.41) is 0.703. The van der Waals surface area contributed by atoms with Crippen LogP contribution in [-0.4, -0.2) is 37.6 Å². The molecule has 1 aromatic rings. The van der Waals surface area contributed by atoms with Crippen molar-refractivity contribution in [1.29, 1.82) is 0 Å². The maximum absolute atomic E-state index is 12.3. The van der Waals surface area contributed by atoms with Crippen LogP contribution in [-0.2, 0) is 16.0 Å². The average Bonchev–Trinajstić information content (AvgIpc) is 2.42. The molecule has 0 aliphatic carbocycles. The number of piperidine rings is 1. The smallest absolute Gasteiger partial charge is 0.226 e. The van der Waals surface area contributed by atoms with Crippen LogP contribution in [0.3, 0.4) is 0 Å². The van der Waals surface area contributed by atoms with Crippen LogP contribution in [0.5, 0.6) is 0 Å². The van der Waals surface area contributed by atoms with Gasteiger partial charge in [0.25, 0.3) is 0 Å². The maximum atomic E-state index is 12.3. The van der Waals surface area contributed by atoms with Crippen molar-refractivity contribution in [2.24, 2.45) is 5.92 Å². The molecule has 0 N–H and O–H groups in total. The lowest BCUT2D eigenvalue weighted by molar-refractivity contribution is -0.132. The van der Waals surface area contributed by atoms with Gasteiger partial charge in [0, 0.05) is 25.2 Å². The summed E-state index contributed by atoms with van der Waals surface area (Å²) in [4.78, 5) is 14.2. The van der Waals surface area contributed by atoms with Gasteiger partial charge in [-0.3, -0.25) is 4.79 Å². The highest BCUT2D eigenvalue weighted by molar-refractivity contribution is 6.30. The van der Waals surface area contributed by atoms with Crippen molar-refractivity contribution in [1.82, 2.24) is 4.90 Å². The van der Waals surface area contributed by atoms with Gasteiger partial charge in [-0.2, -0.15) is 0 Å². The summed E-state index contributed by atoms with van der Waals surface area (Å²) < 4.78 is 5.19. The van der Waals surface area contributed by atoms with Gasteiger partial charge >= 0.3 is 0 Å². The van der Waals surface area contributed by atoms with Crippen LogP contribution in [0.15, 0.2) is 24.3 Å². The molecule has 0 aromatic heterocycles. The van der Waals surface area contributed by atoms with E-state index >= 15 is 0 Å². The van der Waals surface area contributed by atoms with Crippen LogP contribution in [0.25, 0.3) is 0 Å². The van der Waals surface area contributed by atoms with Gasteiger partial charge in [0.1, 0.15) is 0 Å². The first-order chi connectivity index (χ1) is 9.19. The highest BCUT2D eigenvalue weighted by atomic mass is 35.5. The third-order valence-corrected chi connectivity index (χ3v) is 3.79. The van der Waals surface area contributed by atoms with Crippen molar-refractivity contribution in [3.63, 3.8) is 0 Å². The van der Waals surface area contributed by atoms with Crippen molar-refractivity contribution in [2.75, 3.05) is 26.8 Å². The lowest BCUT2D eigenvalue weighted by atomic mass is 9.98. The van der Waals surface area contributed by atoms with Crippen LogP contribution in [0.4, 0.5) is 0 Å². The van der Waals surface area contributed by atoms with Crippen molar-refractivity contribution in [3.8, 4) is 0 Å². The minimum atomic E-state index is 0.197. The van der Waals surface area contributed by atoms with E-state index in [9.17, 15) is 4.79 Å². The van der Waals surface area contributed by atoms with E-state index in [1.807, 2.05) is 29.2 Å². The van der Waals surface area contributed by atoms with Crippen LogP contribution in [0.2, 0.25) is 5.02 Å². The quantitative estimate of drug-likeness (QED) is 0.849. The molecule has 104 valence electrons. The number of carbonyl (C=O) groups is 1. The van der Waals surface area contributed by atoms with Crippen LogP contribution < -0.4 is 0 Å². The monoisotopic (exact) mass is 281 g/mol. The lowest BCUT2D eigenvalue weighted by Crippen LogP contribution is -2.41. The van der Waals surface area contributed by atoms with Crippen molar-refractivity contribution < 1.29 is 9.53 Å². The Morgan fingerprint density at radius 1 is 1.42 bits per heavy atom.